The lowest BCUT2D eigenvalue weighted by Gasteiger charge is -2.30. The van der Waals surface area contributed by atoms with Gasteiger partial charge in [0.05, 0.1) is 24.1 Å². The molecule has 1 aromatic rings. The zero-order valence-electron chi connectivity index (χ0n) is 11.8. The Bertz CT molecular complexity index is 472. The summed E-state index contributed by atoms with van der Waals surface area (Å²) in [5, 5.41) is 21.3. The lowest BCUT2D eigenvalue weighted by Crippen LogP contribution is -2.51. The largest absolute Gasteiger partial charge is 0.478 e. The molecular weight excluding hydrogens is 258 g/mol. The number of hydrogen-bond donors (Lipinski definition) is 3. The third kappa shape index (κ3) is 3.81. The summed E-state index contributed by atoms with van der Waals surface area (Å²) >= 11 is 0. The molecule has 0 fully saturated rings. The van der Waals surface area contributed by atoms with Crippen LogP contribution >= 0.6 is 0 Å². The minimum absolute atomic E-state index is 0.00970. The van der Waals surface area contributed by atoms with Crippen LogP contribution in [0.4, 0.5) is 0 Å². The number of hydrogen-bond acceptors (Lipinski definition) is 3. The maximum absolute atomic E-state index is 12.1. The highest BCUT2D eigenvalue weighted by molar-refractivity contribution is 5.91. The fourth-order valence-electron chi connectivity index (χ4n) is 2.09. The molecule has 0 aliphatic rings. The molecule has 5 nitrogen and oxygen atoms in total. The van der Waals surface area contributed by atoms with Crippen LogP contribution in [0.5, 0.6) is 0 Å². The van der Waals surface area contributed by atoms with Crippen molar-refractivity contribution in [2.45, 2.75) is 38.6 Å². The predicted octanol–water partition coefficient (Wildman–Crippen LogP) is 1.59. The normalized spacial score (nSPS) is 11.2. The number of aromatic carboxylic acids is 1. The topological polar surface area (TPSA) is 86.6 Å². The van der Waals surface area contributed by atoms with E-state index >= 15 is 0 Å². The average molecular weight is 279 g/mol. The Morgan fingerprint density at radius 3 is 2.30 bits per heavy atom. The van der Waals surface area contributed by atoms with Crippen molar-refractivity contribution >= 4 is 11.9 Å². The molecule has 0 spiro atoms. The van der Waals surface area contributed by atoms with Crippen molar-refractivity contribution in [3.05, 3.63) is 35.4 Å². The van der Waals surface area contributed by atoms with Gasteiger partial charge >= 0.3 is 5.97 Å². The molecule has 1 amide bonds. The number of carboxylic acid groups (broad SMARTS) is 1. The van der Waals surface area contributed by atoms with Crippen LogP contribution in [0.15, 0.2) is 24.3 Å². The molecule has 0 bridgehead atoms. The number of amides is 1. The van der Waals surface area contributed by atoms with Crippen LogP contribution in [0.2, 0.25) is 0 Å². The maximum atomic E-state index is 12.1. The molecule has 0 unspecified atom stereocenters. The van der Waals surface area contributed by atoms with Gasteiger partial charge in [-0.2, -0.15) is 0 Å². The lowest BCUT2D eigenvalue weighted by molar-refractivity contribution is -0.123. The summed E-state index contributed by atoms with van der Waals surface area (Å²) in [5.74, 6) is -1.33. The van der Waals surface area contributed by atoms with E-state index in [1.165, 1.54) is 6.07 Å². The molecule has 1 rings (SSSR count). The Morgan fingerprint density at radius 1 is 1.20 bits per heavy atom. The molecular formula is C15H21NO4. The number of rotatable bonds is 7. The van der Waals surface area contributed by atoms with Gasteiger partial charge in [0, 0.05) is 0 Å². The number of aliphatic hydroxyl groups is 1. The highest BCUT2D eigenvalue weighted by Gasteiger charge is 2.27. The Balaban J connectivity index is 2.84. The zero-order valence-corrected chi connectivity index (χ0v) is 11.8. The SMILES string of the molecule is CCC(CC)(CO)NC(=O)Cc1ccccc1C(=O)O. The van der Waals surface area contributed by atoms with Gasteiger partial charge < -0.3 is 15.5 Å². The number of carboxylic acids is 1. The average Bonchev–Trinajstić information content (AvgIpc) is 2.45. The molecule has 0 saturated carbocycles. The summed E-state index contributed by atoms with van der Waals surface area (Å²) in [6.07, 6.45) is 1.23. The van der Waals surface area contributed by atoms with Crippen molar-refractivity contribution in [1.82, 2.24) is 5.32 Å². The summed E-state index contributed by atoms with van der Waals surface area (Å²) < 4.78 is 0. The maximum Gasteiger partial charge on any atom is 0.335 e. The van der Waals surface area contributed by atoms with Gasteiger partial charge in [0.15, 0.2) is 0 Å². The van der Waals surface area contributed by atoms with Crippen molar-refractivity contribution in [2.24, 2.45) is 0 Å². The van der Waals surface area contributed by atoms with Crippen LogP contribution < -0.4 is 5.32 Å². The van der Waals surface area contributed by atoms with E-state index in [0.29, 0.717) is 18.4 Å². The Morgan fingerprint density at radius 2 is 1.80 bits per heavy atom. The molecule has 0 atom stereocenters. The van der Waals surface area contributed by atoms with E-state index in [0.717, 1.165) is 0 Å². The van der Waals surface area contributed by atoms with Crippen LogP contribution in [0.3, 0.4) is 0 Å². The standard InChI is InChI=1S/C15H21NO4/c1-3-15(4-2,10-17)16-13(18)9-11-7-5-6-8-12(11)14(19)20/h5-8,17H,3-4,9-10H2,1-2H3,(H,16,18)(H,19,20). The van der Waals surface area contributed by atoms with Crippen molar-refractivity contribution in [1.29, 1.82) is 0 Å². The Kier molecular flexibility index (Phi) is 5.70. The summed E-state index contributed by atoms with van der Waals surface area (Å²) in [6.45, 7) is 3.66. The monoisotopic (exact) mass is 279 g/mol. The number of nitrogens with one attached hydrogen (secondary N) is 1. The summed E-state index contributed by atoms with van der Waals surface area (Å²) in [4.78, 5) is 23.1. The first kappa shape index (κ1) is 16.2. The van der Waals surface area contributed by atoms with E-state index in [1.54, 1.807) is 18.2 Å². The molecule has 1 aromatic carbocycles. The second-order valence-electron chi connectivity index (χ2n) is 4.83. The number of carbonyl (C=O) groups is 2. The Labute approximate surface area is 118 Å². The van der Waals surface area contributed by atoms with E-state index in [-0.39, 0.29) is 24.5 Å². The smallest absolute Gasteiger partial charge is 0.335 e. The molecule has 0 aliphatic carbocycles. The molecule has 3 N–H and O–H groups in total. The van der Waals surface area contributed by atoms with Crippen LogP contribution in [-0.4, -0.2) is 34.2 Å². The zero-order chi connectivity index (χ0) is 15.2. The van der Waals surface area contributed by atoms with Gasteiger partial charge in [-0.25, -0.2) is 4.79 Å². The van der Waals surface area contributed by atoms with E-state index in [4.69, 9.17) is 5.11 Å². The summed E-state index contributed by atoms with van der Waals surface area (Å²) in [7, 11) is 0. The number of carbonyl (C=O) groups excluding carboxylic acids is 1. The van der Waals surface area contributed by atoms with E-state index in [9.17, 15) is 14.7 Å². The van der Waals surface area contributed by atoms with Gasteiger partial charge in [-0.05, 0) is 24.5 Å². The van der Waals surface area contributed by atoms with Crippen LogP contribution in [0.25, 0.3) is 0 Å². The van der Waals surface area contributed by atoms with Gasteiger partial charge in [-0.15, -0.1) is 0 Å². The van der Waals surface area contributed by atoms with Crippen LogP contribution in [0, 0.1) is 0 Å². The van der Waals surface area contributed by atoms with Crippen LogP contribution in [0.1, 0.15) is 42.6 Å². The van der Waals surface area contributed by atoms with Gasteiger partial charge in [0.2, 0.25) is 5.91 Å². The van der Waals surface area contributed by atoms with Crippen molar-refractivity contribution in [3.8, 4) is 0 Å². The fourth-order valence-corrected chi connectivity index (χ4v) is 2.09. The van der Waals surface area contributed by atoms with Gasteiger partial charge in [-0.3, -0.25) is 4.79 Å². The van der Waals surface area contributed by atoms with Gasteiger partial charge in [0.25, 0.3) is 0 Å². The first-order valence-corrected chi connectivity index (χ1v) is 6.71. The minimum Gasteiger partial charge on any atom is -0.478 e. The Hall–Kier alpha value is -1.88. The minimum atomic E-state index is -1.05. The number of benzene rings is 1. The molecule has 0 aliphatic heterocycles. The quantitative estimate of drug-likeness (QED) is 0.707. The van der Waals surface area contributed by atoms with Gasteiger partial charge in [-0.1, -0.05) is 32.0 Å². The molecule has 20 heavy (non-hydrogen) atoms. The molecule has 110 valence electrons. The lowest BCUT2D eigenvalue weighted by atomic mass is 9.93. The second-order valence-corrected chi connectivity index (χ2v) is 4.83. The van der Waals surface area contributed by atoms with Crippen LogP contribution in [-0.2, 0) is 11.2 Å². The van der Waals surface area contributed by atoms with E-state index in [1.807, 2.05) is 13.8 Å². The fraction of sp³-hybridized carbons (Fsp3) is 0.467. The van der Waals surface area contributed by atoms with E-state index < -0.39 is 11.5 Å². The first-order valence-electron chi connectivity index (χ1n) is 6.71. The summed E-state index contributed by atoms with van der Waals surface area (Å²) in [6, 6.07) is 6.43. The molecule has 0 radical (unpaired) electrons. The summed E-state index contributed by atoms with van der Waals surface area (Å²) in [5.41, 5.74) is -0.0308. The van der Waals surface area contributed by atoms with Gasteiger partial charge in [0.1, 0.15) is 0 Å². The third-order valence-electron chi connectivity index (χ3n) is 3.66. The molecule has 0 heterocycles. The van der Waals surface area contributed by atoms with Crippen molar-refractivity contribution in [3.63, 3.8) is 0 Å². The highest BCUT2D eigenvalue weighted by atomic mass is 16.4. The van der Waals surface area contributed by atoms with Crippen molar-refractivity contribution in [2.75, 3.05) is 6.61 Å². The third-order valence-corrected chi connectivity index (χ3v) is 3.66. The second kappa shape index (κ2) is 7.05. The molecule has 5 heteroatoms. The molecule has 0 saturated heterocycles. The van der Waals surface area contributed by atoms with E-state index in [2.05, 4.69) is 5.32 Å². The van der Waals surface area contributed by atoms with Crippen molar-refractivity contribution < 1.29 is 19.8 Å². The highest BCUT2D eigenvalue weighted by Crippen LogP contribution is 2.15. The number of aliphatic hydroxyl groups excluding tert-OH is 1. The first-order chi connectivity index (χ1) is 9.48. The predicted molar refractivity (Wildman–Crippen MR) is 75.6 cm³/mol. The molecule has 0 aromatic heterocycles.